The Bertz CT molecular complexity index is 799. The zero-order valence-electron chi connectivity index (χ0n) is 14.5. The second-order valence-electron chi connectivity index (χ2n) is 5.62. The number of carbonyl (C=O) groups excluding carboxylic acids is 1. The van der Waals surface area contributed by atoms with E-state index in [0.29, 0.717) is 36.2 Å². The van der Waals surface area contributed by atoms with Gasteiger partial charge in [-0.15, -0.1) is 0 Å². The number of nitrogens with one attached hydrogen (secondary N) is 1. The van der Waals surface area contributed by atoms with Gasteiger partial charge in [-0.3, -0.25) is 0 Å². The molecule has 0 saturated heterocycles. The van der Waals surface area contributed by atoms with Gasteiger partial charge in [-0.25, -0.2) is 4.79 Å². The number of tetrazole rings is 1. The van der Waals surface area contributed by atoms with Crippen molar-refractivity contribution in [3.05, 3.63) is 41.1 Å². The van der Waals surface area contributed by atoms with E-state index in [-0.39, 0.29) is 5.97 Å². The summed E-state index contributed by atoms with van der Waals surface area (Å²) in [6.07, 6.45) is 0.752. The van der Waals surface area contributed by atoms with Gasteiger partial charge in [-0.1, -0.05) is 30.2 Å². The topological polar surface area (TPSA) is 91.2 Å². The summed E-state index contributed by atoms with van der Waals surface area (Å²) in [6, 6.07) is 7.05. The van der Waals surface area contributed by atoms with E-state index in [9.17, 15) is 4.79 Å². The van der Waals surface area contributed by atoms with Gasteiger partial charge in [0.05, 0.1) is 18.8 Å². The van der Waals surface area contributed by atoms with Crippen LogP contribution in [-0.4, -0.2) is 39.4 Å². The van der Waals surface area contributed by atoms with Gasteiger partial charge in [0.15, 0.2) is 0 Å². The van der Waals surface area contributed by atoms with Crippen molar-refractivity contribution in [2.24, 2.45) is 0 Å². The van der Waals surface area contributed by atoms with Crippen LogP contribution in [0.4, 0.5) is 5.95 Å². The van der Waals surface area contributed by atoms with Gasteiger partial charge in [0.25, 0.3) is 0 Å². The van der Waals surface area contributed by atoms with Crippen LogP contribution in [0.3, 0.4) is 0 Å². The molecule has 0 amide bonds. The minimum Gasteiger partial charge on any atom is -0.494 e. The highest BCUT2D eigenvalue weighted by Gasteiger charge is 2.36. The number of hydrogen-bond donors (Lipinski definition) is 1. The summed E-state index contributed by atoms with van der Waals surface area (Å²) in [5.74, 6) is 0.775. The molecule has 1 aliphatic heterocycles. The first kappa shape index (κ1) is 16.9. The molecule has 132 valence electrons. The summed E-state index contributed by atoms with van der Waals surface area (Å²) < 4.78 is 12.7. The summed E-state index contributed by atoms with van der Waals surface area (Å²) in [4.78, 5) is 12.7. The maximum Gasteiger partial charge on any atom is 0.338 e. The average molecular weight is 343 g/mol. The van der Waals surface area contributed by atoms with E-state index in [4.69, 9.17) is 9.47 Å². The van der Waals surface area contributed by atoms with Crippen LogP contribution >= 0.6 is 0 Å². The highest BCUT2D eigenvalue weighted by molar-refractivity contribution is 5.92. The van der Waals surface area contributed by atoms with E-state index < -0.39 is 6.04 Å². The highest BCUT2D eigenvalue weighted by atomic mass is 16.5. The lowest BCUT2D eigenvalue weighted by Crippen LogP contribution is -2.30. The number of hydrogen-bond acceptors (Lipinski definition) is 7. The lowest BCUT2D eigenvalue weighted by Gasteiger charge is -2.28. The van der Waals surface area contributed by atoms with E-state index in [1.54, 1.807) is 4.68 Å². The molecule has 1 atom stereocenters. The molecule has 0 fully saturated rings. The predicted molar refractivity (Wildman–Crippen MR) is 91.1 cm³/mol. The van der Waals surface area contributed by atoms with E-state index in [1.165, 1.54) is 0 Å². The molecule has 1 unspecified atom stereocenters. The fourth-order valence-corrected chi connectivity index (χ4v) is 2.83. The smallest absolute Gasteiger partial charge is 0.338 e. The van der Waals surface area contributed by atoms with Gasteiger partial charge in [0, 0.05) is 11.3 Å². The summed E-state index contributed by atoms with van der Waals surface area (Å²) in [7, 11) is 0. The van der Waals surface area contributed by atoms with Crippen LogP contribution in [-0.2, 0) is 9.53 Å². The first-order valence-corrected chi connectivity index (χ1v) is 8.31. The predicted octanol–water partition coefficient (Wildman–Crippen LogP) is 2.31. The molecule has 1 aliphatic rings. The fourth-order valence-electron chi connectivity index (χ4n) is 2.83. The van der Waals surface area contributed by atoms with Crippen LogP contribution in [0.5, 0.6) is 5.75 Å². The minimum absolute atomic E-state index is 0.359. The normalized spacial score (nSPS) is 16.2. The number of para-hydroxylation sites is 1. The molecule has 2 heterocycles. The molecular weight excluding hydrogens is 322 g/mol. The zero-order valence-corrected chi connectivity index (χ0v) is 14.5. The number of allylic oxidation sites excluding steroid dienone is 1. The molecule has 25 heavy (non-hydrogen) atoms. The Hall–Kier alpha value is -2.90. The monoisotopic (exact) mass is 343 g/mol. The number of anilines is 1. The molecule has 1 N–H and O–H groups in total. The second-order valence-corrected chi connectivity index (χ2v) is 5.62. The number of fused-ring (bicyclic) bond motifs is 1. The highest BCUT2D eigenvalue weighted by Crippen LogP contribution is 2.38. The van der Waals surface area contributed by atoms with Gasteiger partial charge in [0.1, 0.15) is 11.8 Å². The zero-order chi connectivity index (χ0) is 17.8. The van der Waals surface area contributed by atoms with Gasteiger partial charge in [0.2, 0.25) is 5.95 Å². The number of benzene rings is 1. The Morgan fingerprint density at radius 3 is 2.88 bits per heavy atom. The van der Waals surface area contributed by atoms with Gasteiger partial charge in [-0.2, -0.15) is 4.68 Å². The standard InChI is InChI=1S/C17H21N5O3/c1-4-10-25-16(23)14-11(3)18-17-19-20-21-22(17)15(14)12-8-6-7-9-13(12)24-5-2/h6-9,15H,4-5,10H2,1-3H3,(H,18,19,21). The summed E-state index contributed by atoms with van der Waals surface area (Å²) in [6.45, 7) is 6.56. The Kier molecular flexibility index (Phi) is 4.97. The first-order valence-electron chi connectivity index (χ1n) is 8.31. The van der Waals surface area contributed by atoms with Crippen molar-refractivity contribution < 1.29 is 14.3 Å². The third kappa shape index (κ3) is 3.19. The van der Waals surface area contributed by atoms with E-state index in [1.807, 2.05) is 45.0 Å². The fraction of sp³-hybridized carbons (Fsp3) is 0.412. The number of ether oxygens (including phenoxy) is 2. The second kappa shape index (κ2) is 7.33. The van der Waals surface area contributed by atoms with Gasteiger partial charge in [-0.05, 0) is 36.8 Å². The summed E-state index contributed by atoms with van der Waals surface area (Å²) in [5.41, 5.74) is 1.95. The van der Waals surface area contributed by atoms with Gasteiger partial charge < -0.3 is 14.8 Å². The van der Waals surface area contributed by atoms with Crippen molar-refractivity contribution >= 4 is 11.9 Å². The molecule has 0 saturated carbocycles. The van der Waals surface area contributed by atoms with Crippen molar-refractivity contribution in [3.63, 3.8) is 0 Å². The van der Waals surface area contributed by atoms with Crippen molar-refractivity contribution in [2.75, 3.05) is 18.5 Å². The lowest BCUT2D eigenvalue weighted by molar-refractivity contribution is -0.139. The molecule has 3 rings (SSSR count). The third-order valence-electron chi connectivity index (χ3n) is 3.88. The number of aromatic nitrogens is 4. The Balaban J connectivity index is 2.11. The molecule has 2 aromatic rings. The van der Waals surface area contributed by atoms with Crippen LogP contribution in [0.25, 0.3) is 0 Å². The van der Waals surface area contributed by atoms with E-state index in [0.717, 1.165) is 12.0 Å². The SMILES string of the molecule is CCCOC(=O)C1=C(C)Nc2nnnn2C1c1ccccc1OCC. The Labute approximate surface area is 145 Å². The largest absolute Gasteiger partial charge is 0.494 e. The molecule has 8 nitrogen and oxygen atoms in total. The molecule has 0 radical (unpaired) electrons. The van der Waals surface area contributed by atoms with Gasteiger partial charge >= 0.3 is 5.97 Å². The molecule has 0 bridgehead atoms. The van der Waals surface area contributed by atoms with Crippen LogP contribution < -0.4 is 10.1 Å². The van der Waals surface area contributed by atoms with E-state index in [2.05, 4.69) is 20.8 Å². The molecule has 8 heteroatoms. The average Bonchev–Trinajstić information content (AvgIpc) is 3.07. The van der Waals surface area contributed by atoms with Crippen LogP contribution in [0.1, 0.15) is 38.8 Å². The summed E-state index contributed by atoms with van der Waals surface area (Å²) in [5, 5.41) is 14.8. The summed E-state index contributed by atoms with van der Waals surface area (Å²) >= 11 is 0. The van der Waals surface area contributed by atoms with Crippen LogP contribution in [0.15, 0.2) is 35.5 Å². The quantitative estimate of drug-likeness (QED) is 0.805. The van der Waals surface area contributed by atoms with Crippen LogP contribution in [0, 0.1) is 0 Å². The Morgan fingerprint density at radius 2 is 2.12 bits per heavy atom. The molecule has 1 aromatic heterocycles. The van der Waals surface area contributed by atoms with Crippen molar-refractivity contribution in [1.82, 2.24) is 20.2 Å². The molecular formula is C17H21N5O3. The van der Waals surface area contributed by atoms with Crippen molar-refractivity contribution in [2.45, 2.75) is 33.2 Å². The van der Waals surface area contributed by atoms with Crippen molar-refractivity contribution in [3.8, 4) is 5.75 Å². The molecule has 0 aliphatic carbocycles. The number of rotatable bonds is 6. The number of carbonyl (C=O) groups is 1. The number of esters is 1. The van der Waals surface area contributed by atoms with E-state index >= 15 is 0 Å². The molecule has 0 spiro atoms. The first-order chi connectivity index (χ1) is 12.2. The lowest BCUT2D eigenvalue weighted by atomic mass is 9.95. The minimum atomic E-state index is -0.515. The van der Waals surface area contributed by atoms with Crippen molar-refractivity contribution in [1.29, 1.82) is 0 Å². The maximum absolute atomic E-state index is 12.7. The number of nitrogens with zero attached hydrogens (tertiary/aromatic N) is 4. The molecule has 1 aromatic carbocycles. The Morgan fingerprint density at radius 1 is 1.32 bits per heavy atom. The third-order valence-corrected chi connectivity index (χ3v) is 3.88. The maximum atomic E-state index is 12.7. The van der Waals surface area contributed by atoms with Crippen LogP contribution in [0.2, 0.25) is 0 Å².